The smallest absolute Gasteiger partial charge is 0.407 e. The molecule has 2 N–H and O–H groups in total. The van der Waals surface area contributed by atoms with Crippen LogP contribution in [0.5, 0.6) is 0 Å². The number of alkyl carbamates (subject to hydrolysis) is 1. The SMILES string of the molecule is COC(=O)c1cc(Cl)ccc1NC(C)CNC(=O)OC(C)(C)C. The van der Waals surface area contributed by atoms with Crippen LogP contribution in [0.3, 0.4) is 0 Å². The molecule has 7 heteroatoms. The summed E-state index contributed by atoms with van der Waals surface area (Å²) >= 11 is 5.91. The number of nitrogens with one attached hydrogen (secondary N) is 2. The summed E-state index contributed by atoms with van der Waals surface area (Å²) in [4.78, 5) is 23.4. The van der Waals surface area contributed by atoms with E-state index in [9.17, 15) is 9.59 Å². The fraction of sp³-hybridized carbons (Fsp3) is 0.500. The standard InChI is InChI=1S/C16H23ClN2O4/c1-10(9-18-15(21)23-16(2,3)4)19-13-7-6-11(17)8-12(13)14(20)22-5/h6-8,10,19H,9H2,1-5H3,(H,18,21). The average Bonchev–Trinajstić information content (AvgIpc) is 2.44. The van der Waals surface area contributed by atoms with Crippen LogP contribution in [0.2, 0.25) is 5.02 Å². The number of carbonyl (C=O) groups is 2. The molecule has 1 aromatic carbocycles. The Morgan fingerprint density at radius 2 is 1.96 bits per heavy atom. The number of esters is 1. The van der Waals surface area contributed by atoms with Crippen molar-refractivity contribution in [3.8, 4) is 0 Å². The highest BCUT2D eigenvalue weighted by Crippen LogP contribution is 2.22. The maximum atomic E-state index is 11.8. The van der Waals surface area contributed by atoms with E-state index in [1.807, 2.05) is 6.92 Å². The van der Waals surface area contributed by atoms with Gasteiger partial charge in [-0.15, -0.1) is 0 Å². The summed E-state index contributed by atoms with van der Waals surface area (Å²) in [7, 11) is 1.31. The minimum absolute atomic E-state index is 0.132. The van der Waals surface area contributed by atoms with Gasteiger partial charge in [0.15, 0.2) is 0 Å². The lowest BCUT2D eigenvalue weighted by molar-refractivity contribution is 0.0524. The number of anilines is 1. The molecule has 0 aliphatic carbocycles. The van der Waals surface area contributed by atoms with Gasteiger partial charge in [-0.25, -0.2) is 9.59 Å². The van der Waals surface area contributed by atoms with E-state index in [1.54, 1.807) is 32.9 Å². The largest absolute Gasteiger partial charge is 0.465 e. The van der Waals surface area contributed by atoms with E-state index in [-0.39, 0.29) is 6.04 Å². The lowest BCUT2D eigenvalue weighted by atomic mass is 10.1. The van der Waals surface area contributed by atoms with E-state index in [0.717, 1.165) is 0 Å². The predicted octanol–water partition coefficient (Wildman–Crippen LogP) is 3.45. The Hall–Kier alpha value is -1.95. The molecule has 0 saturated heterocycles. The molecule has 0 aliphatic rings. The highest BCUT2D eigenvalue weighted by atomic mass is 35.5. The topological polar surface area (TPSA) is 76.7 Å². The highest BCUT2D eigenvalue weighted by molar-refractivity contribution is 6.31. The number of amides is 1. The van der Waals surface area contributed by atoms with Crippen LogP contribution in [0.25, 0.3) is 0 Å². The molecule has 0 fully saturated rings. The third-order valence-electron chi connectivity index (χ3n) is 2.74. The van der Waals surface area contributed by atoms with E-state index in [1.165, 1.54) is 13.2 Å². The van der Waals surface area contributed by atoms with Crippen molar-refractivity contribution >= 4 is 29.4 Å². The zero-order valence-corrected chi connectivity index (χ0v) is 14.8. The molecule has 0 spiro atoms. The fourth-order valence-electron chi connectivity index (χ4n) is 1.79. The first-order chi connectivity index (χ1) is 10.6. The lowest BCUT2D eigenvalue weighted by Crippen LogP contribution is -2.38. The van der Waals surface area contributed by atoms with Crippen LogP contribution < -0.4 is 10.6 Å². The summed E-state index contributed by atoms with van der Waals surface area (Å²) in [6.07, 6.45) is -0.490. The summed E-state index contributed by atoms with van der Waals surface area (Å²) in [5, 5.41) is 6.25. The second-order valence-electron chi connectivity index (χ2n) is 6.11. The van der Waals surface area contributed by atoms with E-state index in [4.69, 9.17) is 21.1 Å². The first kappa shape index (κ1) is 19.1. The normalized spacial score (nSPS) is 12.3. The molecular formula is C16H23ClN2O4. The Morgan fingerprint density at radius 1 is 1.30 bits per heavy atom. The van der Waals surface area contributed by atoms with Crippen LogP contribution in [-0.2, 0) is 9.47 Å². The average molecular weight is 343 g/mol. The molecule has 0 bridgehead atoms. The maximum Gasteiger partial charge on any atom is 0.407 e. The molecular weight excluding hydrogens is 320 g/mol. The van der Waals surface area contributed by atoms with Gasteiger partial charge < -0.3 is 20.1 Å². The van der Waals surface area contributed by atoms with Crippen LogP contribution in [0.15, 0.2) is 18.2 Å². The van der Waals surface area contributed by atoms with Gasteiger partial charge in [0.2, 0.25) is 0 Å². The predicted molar refractivity (Wildman–Crippen MR) is 90.1 cm³/mol. The second kappa shape index (κ2) is 8.06. The number of hydrogen-bond donors (Lipinski definition) is 2. The third kappa shape index (κ3) is 6.78. The fourth-order valence-corrected chi connectivity index (χ4v) is 1.96. The Morgan fingerprint density at radius 3 is 2.52 bits per heavy atom. The molecule has 1 atom stereocenters. The van der Waals surface area contributed by atoms with Crippen molar-refractivity contribution in [2.45, 2.75) is 39.3 Å². The molecule has 1 aromatic rings. The Balaban J connectivity index is 2.66. The molecule has 0 heterocycles. The summed E-state index contributed by atoms with van der Waals surface area (Å²) in [5.74, 6) is -0.484. The zero-order valence-electron chi connectivity index (χ0n) is 14.0. The van der Waals surface area contributed by atoms with Gasteiger partial charge in [-0.1, -0.05) is 11.6 Å². The van der Waals surface area contributed by atoms with Crippen LogP contribution in [0, 0.1) is 0 Å². The first-order valence-electron chi connectivity index (χ1n) is 7.23. The Bertz CT molecular complexity index is 570. The summed E-state index contributed by atoms with van der Waals surface area (Å²) in [5.41, 5.74) is 0.374. The molecule has 0 radical (unpaired) electrons. The molecule has 1 unspecified atom stereocenters. The molecule has 6 nitrogen and oxygen atoms in total. The zero-order chi connectivity index (χ0) is 17.6. The van der Waals surface area contributed by atoms with Crippen molar-refractivity contribution in [2.75, 3.05) is 19.0 Å². The van der Waals surface area contributed by atoms with Crippen molar-refractivity contribution < 1.29 is 19.1 Å². The number of carbonyl (C=O) groups excluding carboxylic acids is 2. The molecule has 1 amide bonds. The number of halogens is 1. The summed E-state index contributed by atoms with van der Waals surface area (Å²) < 4.78 is 9.90. The van der Waals surface area contributed by atoms with Gasteiger partial charge in [-0.05, 0) is 45.9 Å². The minimum Gasteiger partial charge on any atom is -0.465 e. The number of ether oxygens (including phenoxy) is 2. The van der Waals surface area contributed by atoms with Crippen molar-refractivity contribution in [2.24, 2.45) is 0 Å². The molecule has 128 valence electrons. The van der Waals surface area contributed by atoms with E-state index in [2.05, 4.69) is 10.6 Å². The maximum absolute atomic E-state index is 11.8. The van der Waals surface area contributed by atoms with Crippen LogP contribution in [-0.4, -0.2) is 37.4 Å². The van der Waals surface area contributed by atoms with Gasteiger partial charge in [0.1, 0.15) is 5.60 Å². The highest BCUT2D eigenvalue weighted by Gasteiger charge is 2.17. The van der Waals surface area contributed by atoms with Gasteiger partial charge in [0.05, 0.1) is 12.7 Å². The van der Waals surface area contributed by atoms with Crippen molar-refractivity contribution in [1.29, 1.82) is 0 Å². The van der Waals surface area contributed by atoms with Gasteiger partial charge in [-0.3, -0.25) is 0 Å². The van der Waals surface area contributed by atoms with Crippen molar-refractivity contribution in [3.05, 3.63) is 28.8 Å². The number of hydrogen-bond acceptors (Lipinski definition) is 5. The van der Waals surface area contributed by atoms with Gasteiger partial charge in [-0.2, -0.15) is 0 Å². The quantitative estimate of drug-likeness (QED) is 0.801. The first-order valence-corrected chi connectivity index (χ1v) is 7.61. The van der Waals surface area contributed by atoms with Gasteiger partial charge in [0.25, 0.3) is 0 Å². The van der Waals surface area contributed by atoms with Crippen LogP contribution in [0.1, 0.15) is 38.1 Å². The Kier molecular flexibility index (Phi) is 6.69. The molecule has 1 rings (SSSR count). The lowest BCUT2D eigenvalue weighted by Gasteiger charge is -2.22. The van der Waals surface area contributed by atoms with E-state index >= 15 is 0 Å². The number of benzene rings is 1. The van der Waals surface area contributed by atoms with Gasteiger partial charge in [0, 0.05) is 23.3 Å². The van der Waals surface area contributed by atoms with Gasteiger partial charge >= 0.3 is 12.1 Å². The van der Waals surface area contributed by atoms with Crippen molar-refractivity contribution in [3.63, 3.8) is 0 Å². The molecule has 0 aromatic heterocycles. The second-order valence-corrected chi connectivity index (χ2v) is 6.55. The molecule has 23 heavy (non-hydrogen) atoms. The monoisotopic (exact) mass is 342 g/mol. The van der Waals surface area contributed by atoms with Crippen LogP contribution >= 0.6 is 11.6 Å². The number of methoxy groups -OCH3 is 1. The summed E-state index contributed by atoms with van der Waals surface area (Å²) in [6.45, 7) is 7.59. The molecule has 0 saturated carbocycles. The van der Waals surface area contributed by atoms with Crippen molar-refractivity contribution in [1.82, 2.24) is 5.32 Å². The number of rotatable bonds is 5. The van der Waals surface area contributed by atoms with E-state index in [0.29, 0.717) is 22.8 Å². The summed E-state index contributed by atoms with van der Waals surface area (Å²) in [6, 6.07) is 4.76. The van der Waals surface area contributed by atoms with Crippen LogP contribution in [0.4, 0.5) is 10.5 Å². The minimum atomic E-state index is -0.547. The van der Waals surface area contributed by atoms with E-state index < -0.39 is 17.7 Å². The molecule has 0 aliphatic heterocycles. The third-order valence-corrected chi connectivity index (χ3v) is 2.98. The Labute approximate surface area is 141 Å².